The van der Waals surface area contributed by atoms with Gasteiger partial charge in [0, 0.05) is 18.6 Å². The zero-order valence-corrected chi connectivity index (χ0v) is 8.87. The van der Waals surface area contributed by atoms with Crippen LogP contribution in [-0.2, 0) is 14.4 Å². The molecule has 17 heavy (non-hydrogen) atoms. The highest BCUT2D eigenvalue weighted by atomic mass is 16.4. The van der Waals surface area contributed by atoms with Gasteiger partial charge >= 0.3 is 17.9 Å². The molecule has 0 radical (unpaired) electrons. The van der Waals surface area contributed by atoms with E-state index in [4.69, 9.17) is 25.5 Å². The van der Waals surface area contributed by atoms with Crippen molar-refractivity contribution >= 4 is 17.9 Å². The Bertz CT molecular complexity index is 295. The number of carboxylic acids is 3. The molecule has 0 aliphatic heterocycles. The highest BCUT2D eigenvalue weighted by molar-refractivity contribution is 5.85. The molecule has 1 atom stereocenters. The minimum Gasteiger partial charge on any atom is -0.481 e. The summed E-state index contributed by atoms with van der Waals surface area (Å²) in [7, 11) is 0. The molecule has 8 nitrogen and oxygen atoms in total. The van der Waals surface area contributed by atoms with Gasteiger partial charge in [-0.05, 0) is 0 Å². The van der Waals surface area contributed by atoms with E-state index in [1.54, 1.807) is 0 Å². The number of aliphatic hydroxyl groups excluding tert-OH is 2. The van der Waals surface area contributed by atoms with Gasteiger partial charge in [0.15, 0.2) is 6.10 Å². The van der Waals surface area contributed by atoms with Gasteiger partial charge in [-0.3, -0.25) is 4.79 Å². The lowest BCUT2D eigenvalue weighted by Crippen LogP contribution is -2.22. The fourth-order valence-electron chi connectivity index (χ4n) is 0.495. The lowest BCUT2D eigenvalue weighted by atomic mass is 10.2. The molecule has 0 amide bonds. The second kappa shape index (κ2) is 9.31. The lowest BCUT2D eigenvalue weighted by Gasteiger charge is -1.97. The number of carbonyl (C=O) groups is 3. The Balaban J connectivity index is 0. The molecule has 0 saturated carbocycles. The van der Waals surface area contributed by atoms with E-state index in [9.17, 15) is 14.4 Å². The highest BCUT2D eigenvalue weighted by Crippen LogP contribution is 1.94. The minimum absolute atomic E-state index is 0.0486. The maximum Gasteiger partial charge on any atom is 0.333 e. The summed E-state index contributed by atoms with van der Waals surface area (Å²) in [6.07, 6.45) is -2.40. The van der Waals surface area contributed by atoms with Crippen molar-refractivity contribution in [2.75, 3.05) is 6.61 Å². The van der Waals surface area contributed by atoms with Gasteiger partial charge in [0.05, 0.1) is 6.42 Å². The SMILES string of the molecule is C=C(CCO)C(=O)O.O=C(O)CC(O)C(=O)O. The average Bonchev–Trinajstić information content (AvgIpc) is 2.17. The van der Waals surface area contributed by atoms with Crippen LogP contribution < -0.4 is 0 Å². The van der Waals surface area contributed by atoms with Crippen molar-refractivity contribution in [3.8, 4) is 0 Å². The van der Waals surface area contributed by atoms with E-state index in [-0.39, 0.29) is 18.6 Å². The van der Waals surface area contributed by atoms with Crippen LogP contribution in [0.15, 0.2) is 12.2 Å². The molecule has 0 rings (SSSR count). The van der Waals surface area contributed by atoms with Gasteiger partial charge in [0.1, 0.15) is 0 Å². The molecular formula is C9H14O8. The third-order valence-electron chi connectivity index (χ3n) is 1.37. The van der Waals surface area contributed by atoms with Crippen LogP contribution in [0.2, 0.25) is 0 Å². The molecule has 0 bridgehead atoms. The molecule has 0 fully saturated rings. The van der Waals surface area contributed by atoms with Crippen molar-refractivity contribution in [1.29, 1.82) is 0 Å². The van der Waals surface area contributed by atoms with Crippen LogP contribution in [0.5, 0.6) is 0 Å². The number of aliphatic hydroxyl groups is 2. The van der Waals surface area contributed by atoms with Gasteiger partial charge in [-0.25, -0.2) is 9.59 Å². The van der Waals surface area contributed by atoms with Crippen LogP contribution in [0.3, 0.4) is 0 Å². The van der Waals surface area contributed by atoms with Crippen LogP contribution in [0.1, 0.15) is 12.8 Å². The van der Waals surface area contributed by atoms with E-state index in [0.717, 1.165) is 0 Å². The van der Waals surface area contributed by atoms with Gasteiger partial charge in [0.25, 0.3) is 0 Å². The Hall–Kier alpha value is -1.93. The van der Waals surface area contributed by atoms with Gasteiger partial charge in [0.2, 0.25) is 0 Å². The standard InChI is InChI=1S/C5H8O3.C4H6O5/c1-4(2-3-6)5(7)8;5-2(4(8)9)1-3(6)7/h6H,1-3H2,(H,7,8);2,5H,1H2,(H,6,7)(H,8,9). The average molecular weight is 250 g/mol. The quantitative estimate of drug-likeness (QED) is 0.373. The molecule has 0 aliphatic rings. The number of aliphatic carboxylic acids is 3. The van der Waals surface area contributed by atoms with Gasteiger partial charge in [-0.2, -0.15) is 0 Å². The first-order valence-corrected chi connectivity index (χ1v) is 4.37. The largest absolute Gasteiger partial charge is 0.481 e. The zero-order valence-electron chi connectivity index (χ0n) is 8.87. The third kappa shape index (κ3) is 12.0. The zero-order chi connectivity index (χ0) is 14.0. The molecule has 0 aromatic heterocycles. The summed E-state index contributed by atoms with van der Waals surface area (Å²) in [6.45, 7) is 3.04. The van der Waals surface area contributed by atoms with E-state index in [0.29, 0.717) is 0 Å². The summed E-state index contributed by atoms with van der Waals surface area (Å²) in [4.78, 5) is 29.3. The van der Waals surface area contributed by atoms with Crippen molar-refractivity contribution in [2.45, 2.75) is 18.9 Å². The normalized spacial score (nSPS) is 10.7. The summed E-state index contributed by atoms with van der Waals surface area (Å²) in [5, 5.41) is 40.4. The summed E-state index contributed by atoms with van der Waals surface area (Å²) in [5.41, 5.74) is 0.0486. The summed E-state index contributed by atoms with van der Waals surface area (Å²) in [6, 6.07) is 0. The maximum atomic E-state index is 9.88. The number of carboxylic acid groups (broad SMARTS) is 3. The Morgan fingerprint density at radius 3 is 1.71 bits per heavy atom. The minimum atomic E-state index is -1.79. The van der Waals surface area contributed by atoms with Crippen molar-refractivity contribution < 1.29 is 39.9 Å². The maximum absolute atomic E-state index is 9.88. The van der Waals surface area contributed by atoms with Gasteiger partial charge in [-0.15, -0.1) is 0 Å². The molecule has 0 aromatic rings. The Morgan fingerprint density at radius 1 is 1.12 bits per heavy atom. The van der Waals surface area contributed by atoms with Crippen LogP contribution in [-0.4, -0.2) is 56.2 Å². The first-order valence-electron chi connectivity index (χ1n) is 4.37. The molecule has 0 spiro atoms. The fourth-order valence-corrected chi connectivity index (χ4v) is 0.495. The lowest BCUT2D eigenvalue weighted by molar-refractivity contribution is -0.152. The Kier molecular flexibility index (Phi) is 9.56. The topological polar surface area (TPSA) is 152 Å². The second-order valence-corrected chi connectivity index (χ2v) is 2.83. The molecule has 98 valence electrons. The molecule has 0 aliphatic carbocycles. The predicted molar refractivity (Wildman–Crippen MR) is 54.4 cm³/mol. The third-order valence-corrected chi connectivity index (χ3v) is 1.37. The molecular weight excluding hydrogens is 236 g/mol. The van der Waals surface area contributed by atoms with Gasteiger partial charge < -0.3 is 25.5 Å². The van der Waals surface area contributed by atoms with E-state index in [2.05, 4.69) is 6.58 Å². The molecule has 8 heteroatoms. The van der Waals surface area contributed by atoms with E-state index in [1.807, 2.05) is 0 Å². The fraction of sp³-hybridized carbons (Fsp3) is 0.444. The first kappa shape index (κ1) is 17.5. The molecule has 0 aromatic carbocycles. The van der Waals surface area contributed by atoms with Crippen molar-refractivity contribution in [3.63, 3.8) is 0 Å². The van der Waals surface area contributed by atoms with Crippen molar-refractivity contribution in [1.82, 2.24) is 0 Å². The summed E-state index contributed by atoms with van der Waals surface area (Å²) in [5.74, 6) is -3.89. The Labute approximate surface area is 96.4 Å². The van der Waals surface area contributed by atoms with Crippen LogP contribution in [0.4, 0.5) is 0 Å². The molecule has 0 heterocycles. The van der Waals surface area contributed by atoms with Gasteiger partial charge in [-0.1, -0.05) is 6.58 Å². The smallest absolute Gasteiger partial charge is 0.333 e. The molecule has 1 unspecified atom stereocenters. The van der Waals surface area contributed by atoms with Crippen molar-refractivity contribution in [3.05, 3.63) is 12.2 Å². The van der Waals surface area contributed by atoms with E-state index in [1.165, 1.54) is 0 Å². The molecule has 0 saturated heterocycles. The number of rotatable bonds is 6. The number of hydrogen-bond donors (Lipinski definition) is 5. The number of hydrogen-bond acceptors (Lipinski definition) is 5. The van der Waals surface area contributed by atoms with Crippen molar-refractivity contribution in [2.24, 2.45) is 0 Å². The predicted octanol–water partition coefficient (Wildman–Crippen LogP) is -1.08. The second-order valence-electron chi connectivity index (χ2n) is 2.83. The van der Waals surface area contributed by atoms with E-state index < -0.39 is 30.4 Å². The Morgan fingerprint density at radius 2 is 1.59 bits per heavy atom. The summed E-state index contributed by atoms with van der Waals surface area (Å²) < 4.78 is 0. The van der Waals surface area contributed by atoms with Crippen LogP contribution in [0, 0.1) is 0 Å². The molecule has 5 N–H and O–H groups in total. The summed E-state index contributed by atoms with van der Waals surface area (Å²) >= 11 is 0. The van der Waals surface area contributed by atoms with Crippen LogP contribution in [0.25, 0.3) is 0 Å². The first-order chi connectivity index (χ1) is 7.72. The monoisotopic (exact) mass is 250 g/mol. The highest BCUT2D eigenvalue weighted by Gasteiger charge is 2.16. The van der Waals surface area contributed by atoms with E-state index >= 15 is 0 Å². The van der Waals surface area contributed by atoms with Crippen LogP contribution >= 0.6 is 0 Å².